The monoisotopic (exact) mass is 694 g/mol. The number of carbonyl (C=O) groups is 4. The molecule has 4 rings (SSSR count). The molecule has 0 bridgehead atoms. The number of halogens is 2. The highest BCUT2D eigenvalue weighted by Crippen LogP contribution is 2.34. The Labute approximate surface area is 281 Å². The van der Waals surface area contributed by atoms with Crippen LogP contribution in [0.25, 0.3) is 22.5 Å². The highest BCUT2D eigenvalue weighted by atomic mass is 32.1. The molecule has 0 fully saturated rings. The summed E-state index contributed by atoms with van der Waals surface area (Å²) in [5, 5.41) is 41.2. The molecule has 0 unspecified atom stereocenters. The highest BCUT2D eigenvalue weighted by molar-refractivity contribution is 7.17. The van der Waals surface area contributed by atoms with E-state index < -0.39 is 46.7 Å². The Morgan fingerprint density at radius 3 is 1.71 bits per heavy atom. The van der Waals surface area contributed by atoms with Crippen molar-refractivity contribution in [3.63, 3.8) is 0 Å². The van der Waals surface area contributed by atoms with E-state index in [1.54, 1.807) is 19.1 Å². The third kappa shape index (κ3) is 9.71. The normalized spacial score (nSPS) is 11.2. The minimum atomic E-state index is -1.15. The van der Waals surface area contributed by atoms with E-state index >= 15 is 0 Å². The van der Waals surface area contributed by atoms with Crippen LogP contribution in [0, 0.1) is 45.6 Å². The lowest BCUT2D eigenvalue weighted by Crippen LogP contribution is -2.32. The van der Waals surface area contributed by atoms with Crippen LogP contribution in [0.5, 0.6) is 0 Å². The first kappa shape index (κ1) is 36.9. The van der Waals surface area contributed by atoms with Crippen molar-refractivity contribution >= 4 is 56.7 Å². The third-order valence-electron chi connectivity index (χ3n) is 6.61. The maximum absolute atomic E-state index is 13.9. The van der Waals surface area contributed by atoms with Crippen molar-refractivity contribution in [2.24, 2.45) is 11.3 Å². The Bertz CT molecular complexity index is 1930. The SMILES string of the molecule is CC(C)(CC(=O)O)C(=O)Nc1nc(-c2ccccc2F)c(C#N)s1.C[C@@H](CCC(=O)O)C(=O)Nc1nc(-c2ccccc2F)c(C#N)s1. The summed E-state index contributed by atoms with van der Waals surface area (Å²) < 4.78 is 27.8. The molecular weight excluding hydrogens is 667 g/mol. The predicted molar refractivity (Wildman–Crippen MR) is 174 cm³/mol. The maximum Gasteiger partial charge on any atom is 0.304 e. The van der Waals surface area contributed by atoms with E-state index in [0.717, 1.165) is 22.7 Å². The van der Waals surface area contributed by atoms with E-state index in [4.69, 9.17) is 10.2 Å². The molecular formula is C32H28F2N6O6S2. The first-order valence-electron chi connectivity index (χ1n) is 14.0. The number of anilines is 2. The number of nitrogens with one attached hydrogen (secondary N) is 2. The number of nitriles is 2. The number of thiazole rings is 2. The van der Waals surface area contributed by atoms with Crippen molar-refractivity contribution in [2.45, 2.75) is 40.0 Å². The molecule has 2 aromatic heterocycles. The van der Waals surface area contributed by atoms with Crippen molar-refractivity contribution in [2.75, 3.05) is 10.6 Å². The van der Waals surface area contributed by atoms with Crippen LogP contribution in [0.15, 0.2) is 48.5 Å². The molecule has 4 N–H and O–H groups in total. The summed E-state index contributed by atoms with van der Waals surface area (Å²) in [7, 11) is 0. The third-order valence-corrected chi connectivity index (χ3v) is 8.36. The van der Waals surface area contributed by atoms with Crippen LogP contribution >= 0.6 is 22.7 Å². The molecule has 0 spiro atoms. The number of carboxylic acids is 2. The Hall–Kier alpha value is -5.58. The largest absolute Gasteiger partial charge is 0.481 e. The lowest BCUT2D eigenvalue weighted by molar-refractivity contribution is -0.142. The first-order valence-corrected chi connectivity index (χ1v) is 15.7. The van der Waals surface area contributed by atoms with Gasteiger partial charge in [-0.3, -0.25) is 19.2 Å². The lowest BCUT2D eigenvalue weighted by atomic mass is 9.88. The molecule has 2 heterocycles. The molecule has 0 radical (unpaired) electrons. The zero-order valence-corrected chi connectivity index (χ0v) is 27.3. The van der Waals surface area contributed by atoms with Gasteiger partial charge in [0.25, 0.3) is 0 Å². The van der Waals surface area contributed by atoms with Crippen molar-refractivity contribution in [1.82, 2.24) is 9.97 Å². The second-order valence-electron chi connectivity index (χ2n) is 10.8. The molecule has 0 saturated heterocycles. The number of nitrogens with zero attached hydrogens (tertiary/aromatic N) is 4. The number of benzene rings is 2. The fourth-order valence-electron chi connectivity index (χ4n) is 3.99. The predicted octanol–water partition coefficient (Wildman–Crippen LogP) is 6.52. The summed E-state index contributed by atoms with van der Waals surface area (Å²) in [6.07, 6.45) is -0.274. The molecule has 4 aromatic rings. The second-order valence-corrected chi connectivity index (χ2v) is 12.8. The highest BCUT2D eigenvalue weighted by Gasteiger charge is 2.31. The van der Waals surface area contributed by atoms with Crippen LogP contribution in [0.4, 0.5) is 19.0 Å². The molecule has 0 aliphatic heterocycles. The molecule has 12 nitrogen and oxygen atoms in total. The van der Waals surface area contributed by atoms with Crippen molar-refractivity contribution in [3.8, 4) is 34.7 Å². The van der Waals surface area contributed by atoms with E-state index in [0.29, 0.717) is 0 Å². The van der Waals surface area contributed by atoms with Gasteiger partial charge in [0.15, 0.2) is 10.3 Å². The van der Waals surface area contributed by atoms with Gasteiger partial charge in [0.05, 0.1) is 11.8 Å². The van der Waals surface area contributed by atoms with E-state index in [2.05, 4.69) is 20.6 Å². The van der Waals surface area contributed by atoms with Crippen LogP contribution in [-0.2, 0) is 19.2 Å². The summed E-state index contributed by atoms with van der Waals surface area (Å²) in [5.41, 5.74) is -0.482. The number of rotatable bonds is 11. The van der Waals surface area contributed by atoms with Crippen LogP contribution < -0.4 is 10.6 Å². The Kier molecular flexibility index (Phi) is 12.5. The summed E-state index contributed by atoms with van der Waals surface area (Å²) in [4.78, 5) is 54.2. The minimum Gasteiger partial charge on any atom is -0.481 e. The van der Waals surface area contributed by atoms with Gasteiger partial charge >= 0.3 is 11.9 Å². The molecule has 0 aliphatic rings. The van der Waals surface area contributed by atoms with Gasteiger partial charge in [0, 0.05) is 23.5 Å². The Morgan fingerprint density at radius 1 is 0.833 bits per heavy atom. The van der Waals surface area contributed by atoms with Gasteiger partial charge in [0.2, 0.25) is 11.8 Å². The number of aliphatic carboxylic acids is 2. The molecule has 2 amide bonds. The fourth-order valence-corrected chi connectivity index (χ4v) is 5.55. The number of aromatic nitrogens is 2. The maximum atomic E-state index is 13.9. The number of hydrogen-bond acceptors (Lipinski definition) is 10. The summed E-state index contributed by atoms with van der Waals surface area (Å²) in [5.74, 6) is -4.56. The smallest absolute Gasteiger partial charge is 0.304 e. The van der Waals surface area contributed by atoms with Gasteiger partial charge in [-0.15, -0.1) is 0 Å². The molecule has 0 aliphatic carbocycles. The summed E-state index contributed by atoms with van der Waals surface area (Å²) in [6.45, 7) is 4.59. The Morgan fingerprint density at radius 2 is 1.29 bits per heavy atom. The molecule has 16 heteroatoms. The fraction of sp³-hybridized carbons (Fsp3) is 0.250. The van der Waals surface area contributed by atoms with Crippen molar-refractivity contribution in [1.29, 1.82) is 10.5 Å². The van der Waals surface area contributed by atoms with Gasteiger partial charge in [-0.05, 0) is 30.7 Å². The molecule has 2 aromatic carbocycles. The molecule has 0 saturated carbocycles. The topological polar surface area (TPSA) is 206 Å². The van der Waals surface area contributed by atoms with E-state index in [-0.39, 0.29) is 61.8 Å². The minimum absolute atomic E-state index is 0.115. The van der Waals surface area contributed by atoms with E-state index in [9.17, 15) is 38.5 Å². The number of carboxylic acid groups (broad SMARTS) is 2. The average molecular weight is 695 g/mol. The quantitative estimate of drug-likeness (QED) is 0.134. The first-order chi connectivity index (χ1) is 22.7. The zero-order valence-electron chi connectivity index (χ0n) is 25.7. The van der Waals surface area contributed by atoms with Crippen molar-refractivity contribution < 1.29 is 38.2 Å². The van der Waals surface area contributed by atoms with Gasteiger partial charge in [-0.25, -0.2) is 18.7 Å². The van der Waals surface area contributed by atoms with Gasteiger partial charge in [-0.2, -0.15) is 10.5 Å². The number of amides is 2. The van der Waals surface area contributed by atoms with Crippen LogP contribution in [0.2, 0.25) is 0 Å². The summed E-state index contributed by atoms with van der Waals surface area (Å²) in [6, 6.07) is 15.7. The lowest BCUT2D eigenvalue weighted by Gasteiger charge is -2.20. The molecule has 48 heavy (non-hydrogen) atoms. The standard InChI is InChI=1S/2C16H14FN3O3S/c1-16(2,7-12(21)22)14(23)20-15-19-13(11(8-18)24-15)9-5-3-4-6-10(9)17;1-9(6-7-13(21)22)15(23)20-16-19-14(12(8-18)24-16)10-4-2-3-5-11(10)17/h3-6H,7H2,1-2H3,(H,21,22)(H,19,20,23);2-5,9H,6-7H2,1H3,(H,21,22)(H,19,20,23)/t;9-/m.0/s1. The van der Waals surface area contributed by atoms with E-state index in [1.807, 2.05) is 12.1 Å². The van der Waals surface area contributed by atoms with Gasteiger partial charge < -0.3 is 20.8 Å². The zero-order chi connectivity index (χ0) is 35.6. The molecule has 248 valence electrons. The number of hydrogen-bond donors (Lipinski definition) is 4. The number of carbonyl (C=O) groups excluding carboxylic acids is 2. The van der Waals surface area contributed by atoms with Gasteiger partial charge in [0.1, 0.15) is 44.9 Å². The van der Waals surface area contributed by atoms with E-state index in [1.165, 1.54) is 50.2 Å². The van der Waals surface area contributed by atoms with Crippen LogP contribution in [0.3, 0.4) is 0 Å². The Balaban J connectivity index is 0.000000260. The molecule has 1 atom stereocenters. The van der Waals surface area contributed by atoms with Crippen LogP contribution in [0.1, 0.15) is 49.8 Å². The summed E-state index contributed by atoms with van der Waals surface area (Å²) >= 11 is 1.85. The van der Waals surface area contributed by atoms with Crippen molar-refractivity contribution in [3.05, 3.63) is 69.9 Å². The van der Waals surface area contributed by atoms with Crippen LogP contribution in [-0.4, -0.2) is 43.9 Å². The van der Waals surface area contributed by atoms with Gasteiger partial charge in [-0.1, -0.05) is 67.7 Å². The average Bonchev–Trinajstić information content (AvgIpc) is 3.63. The second kappa shape index (κ2) is 16.3.